The number of hydrogen-bond acceptors (Lipinski definition) is 17. The Morgan fingerprint density at radius 2 is 0.692 bits per heavy atom. The summed E-state index contributed by atoms with van der Waals surface area (Å²) in [6.07, 6.45) is -14.4. The predicted octanol–water partition coefficient (Wildman–Crippen LogP) is -4.55. The highest BCUT2D eigenvalue weighted by molar-refractivity contribution is 8.24. The van der Waals surface area contributed by atoms with Crippen LogP contribution in [0.1, 0.15) is 76.6 Å². The van der Waals surface area contributed by atoms with Gasteiger partial charge < -0.3 is 38.5 Å². The third kappa shape index (κ3) is 42.4. The molecule has 19 nitrogen and oxygen atoms in total. The number of hydrogen-bond donors (Lipinski definition) is 1. The molecule has 8 rings (SSSR count). The van der Waals surface area contributed by atoms with E-state index in [2.05, 4.69) is 162 Å². The molecule has 49 radical (unpaired) electrons. The van der Waals surface area contributed by atoms with E-state index in [4.69, 9.17) is 218 Å². The Morgan fingerprint density at radius 1 is 0.420 bits per heavy atom. The van der Waals surface area contributed by atoms with Crippen molar-refractivity contribution in [1.82, 2.24) is 9.80 Å². The molecule has 4 aliphatic rings. The molecule has 2 amide bonds. The molecular formula is C78H68B45N4O15S. The van der Waals surface area contributed by atoms with Crippen molar-refractivity contribution >= 4 is 366 Å². The normalized spacial score (nSPS) is 13.6. The van der Waals surface area contributed by atoms with Gasteiger partial charge in [-0.15, -0.1) is 0 Å². The summed E-state index contributed by atoms with van der Waals surface area (Å²) in [6.45, 7) is 25.3. The van der Waals surface area contributed by atoms with Gasteiger partial charge in [-0.25, -0.2) is 19.2 Å². The molecule has 4 atom stereocenters. The molecule has 2 aliphatic heterocycles. The van der Waals surface area contributed by atoms with Gasteiger partial charge in [0.25, 0.3) is 10.1 Å². The summed E-state index contributed by atoms with van der Waals surface area (Å²) in [7, 11) is 140. The maximum Gasteiger partial charge on any atom is 0.411 e. The summed E-state index contributed by atoms with van der Waals surface area (Å²) in [5, 5.41) is 17.2. The van der Waals surface area contributed by atoms with Gasteiger partial charge in [0.1, 0.15) is 65.5 Å². The van der Waals surface area contributed by atoms with E-state index in [0.717, 1.165) is 61.4 Å². The molecule has 1 N–H and O–H groups in total. The molecule has 2 saturated heterocycles. The molecule has 0 unspecified atom stereocenters. The van der Waals surface area contributed by atoms with E-state index in [0.29, 0.717) is 30.4 Å². The van der Waals surface area contributed by atoms with Crippen molar-refractivity contribution < 1.29 is 70.2 Å². The van der Waals surface area contributed by atoms with Crippen molar-refractivity contribution in [2.24, 2.45) is 10.3 Å². The Labute approximate surface area is 886 Å². The summed E-state index contributed by atoms with van der Waals surface area (Å²) in [5.41, 5.74) is 59.6. The van der Waals surface area contributed by atoms with Gasteiger partial charge in [-0.05, 0) is 205 Å². The van der Waals surface area contributed by atoms with Crippen LogP contribution in [-0.4, -0.2) is 462 Å². The number of nitrogens with zero attached hydrogens (tertiary/aromatic N) is 4. The maximum atomic E-state index is 12.7. The van der Waals surface area contributed by atoms with Crippen molar-refractivity contribution in [3.05, 3.63) is 266 Å². The third-order valence-corrected chi connectivity index (χ3v) is 21.8. The first-order chi connectivity index (χ1) is 67.3. The number of carbonyl (C=O) groups is 4. The van der Waals surface area contributed by atoms with Crippen LogP contribution in [0.25, 0.3) is 22.3 Å². The number of oxime groups is 2. The Bertz CT molecular complexity index is 5890. The van der Waals surface area contributed by atoms with Gasteiger partial charge in [0.15, 0.2) is 0 Å². The molecule has 631 valence electrons. The summed E-state index contributed by atoms with van der Waals surface area (Å²) in [5.74, 6) is 0.287. The lowest BCUT2D eigenvalue weighted by Crippen LogP contribution is -2.83. The zero-order chi connectivity index (χ0) is 108. The average Bonchev–Trinajstić information content (AvgIpc) is 1.63. The Balaban J connectivity index is 0.000000447. The van der Waals surface area contributed by atoms with Crippen LogP contribution in [-0.2, 0) is 47.7 Å². The van der Waals surface area contributed by atoms with Crippen LogP contribution < -0.4 is 9.47 Å². The first-order valence-corrected chi connectivity index (χ1v) is 45.8. The van der Waals surface area contributed by atoms with Crippen molar-refractivity contribution in [3.8, 4) is 33.8 Å². The van der Waals surface area contributed by atoms with Gasteiger partial charge in [0.05, 0.1) is 39.7 Å². The first-order valence-electron chi connectivity index (χ1n) is 44.0. The minimum absolute atomic E-state index is 0.0407. The number of methoxy groups -OCH3 is 2. The zero-order valence-electron chi connectivity index (χ0n) is 81.5. The second-order valence-corrected chi connectivity index (χ2v) is 35.6. The average molecular weight is 1820 g/mol. The van der Waals surface area contributed by atoms with E-state index in [1.165, 1.54) is 26.2 Å². The number of fused-ring (bicyclic) bond motifs is 6. The monoisotopic (exact) mass is 1830 g/mol. The summed E-state index contributed by atoms with van der Waals surface area (Å²) < 4.78 is 58.6. The quantitative estimate of drug-likeness (QED) is 0.00633. The van der Waals surface area contributed by atoms with Crippen molar-refractivity contribution in [2.75, 3.05) is 46.8 Å². The van der Waals surface area contributed by atoms with Crippen molar-refractivity contribution in [1.29, 1.82) is 0 Å². The van der Waals surface area contributed by atoms with Gasteiger partial charge in [-0.2, -0.15) is 8.42 Å². The van der Waals surface area contributed by atoms with E-state index < -0.39 is 197 Å². The van der Waals surface area contributed by atoms with Gasteiger partial charge in [-0.3, -0.25) is 14.0 Å². The van der Waals surface area contributed by atoms with Gasteiger partial charge in [-0.1, -0.05) is 95.6 Å². The van der Waals surface area contributed by atoms with E-state index in [1.807, 2.05) is 84.9 Å². The topological polar surface area (TPSA) is 228 Å². The fraction of sp³-hybridized carbons (Fsp3) is 0.269. The second kappa shape index (κ2) is 64.4. The third-order valence-electron chi connectivity index (χ3n) is 21.1. The number of amides is 2. The van der Waals surface area contributed by atoms with E-state index in [9.17, 15) is 32.8 Å². The van der Waals surface area contributed by atoms with Crippen LogP contribution in [0.5, 0.6) is 11.5 Å². The predicted molar refractivity (Wildman–Crippen MR) is 623 cm³/mol. The van der Waals surface area contributed by atoms with E-state index in [-0.39, 0.29) is 25.9 Å². The SMILES string of the molecule is C=C=C=C=C=C=C=C=C=C=C=C=C=C=C=C=C=C=C=C=C=C=C.C=CCOc1ccc2c(c1)C(=NO)c1ccccc1-2.C=CCOc1ccc2c(c1)C(=NO[C@@H]1C[C@@H](C(=O)OC)N(C(=O)OC(C)(C)C)C1)c1ccccc1-2.COC(=O)[C@@H]1C[C@H](OS(C)(=O)=O)CN1C(=O)OC(C)(C)C.[B]B([B])B(B([B])[B])B(B(B([B])[B])B([B])[B])B(B([B])[B])B([B])[B].[B][B]B([B])B(B([B])[B])B(B(B([B])[B])B([B])[B])B(B([B])[B])B([B])[B]. The molecule has 0 bridgehead atoms. The van der Waals surface area contributed by atoms with Gasteiger partial charge in [0, 0.05) is 373 Å². The van der Waals surface area contributed by atoms with Gasteiger partial charge >= 0.3 is 24.1 Å². The highest BCUT2D eigenvalue weighted by atomic mass is 32.2. The fourth-order valence-electron chi connectivity index (χ4n) is 15.5. The fourth-order valence-corrected chi connectivity index (χ4v) is 16.2. The molecule has 65 heteroatoms. The summed E-state index contributed by atoms with van der Waals surface area (Å²) >= 11 is 0. The molecular weight excluding hydrogens is 1750 g/mol. The Morgan fingerprint density at radius 3 is 0.965 bits per heavy atom. The standard InChI is InChI=1S/C27H30N2O6.C23H4.C16H13NO2.C12H21NO7S.B23.B22/c1-6-13-33-17-11-12-20-19-9-7-8-10-21(19)24(22(20)14-17)28-35-18-15-23(25(30)32-5)29(16-18)26(31)34-27(2,3)4;1-3-5-7-9-11-13-15-17-19-21-23-22-20-18-16-14-12-10-8-6-4-2;1-2-9-19-11-7-8-13-12-5-3-4-6-14(12)16(17-18)15(13)10-11;1-12(2,3)19-11(15)13-7-8(20-21(5,16)17)6-9(13)10(14)18-4;1-13-19(12)22(18(10)11)23(20(14(2)3)15(4)5)21(16(6)7)17(8)9;1-13(2)19(14(3)4)22(20(15(5)6)16(7)8)21(17(9)10)18(11)12/h6-12,14,18,23H,1,13,15-16H2,2-5H3;1-2H2;2-8,10,18H,1,9H2;8-9H,6-7H2,1-5H3;;/t18-,23+;;;8-,9-;;/m1..0../s1. The number of carbonyl (C=O) groups excluding carboxylic acids is 4. The maximum absolute atomic E-state index is 12.7. The highest BCUT2D eigenvalue weighted by Gasteiger charge is 2.51. The Kier molecular flexibility index (Phi) is 57.4. The molecule has 4 aromatic carbocycles. The van der Waals surface area contributed by atoms with Crippen LogP contribution >= 0.6 is 0 Å². The van der Waals surface area contributed by atoms with E-state index >= 15 is 0 Å². The number of esters is 2. The molecule has 2 fully saturated rings. The zero-order valence-corrected chi connectivity index (χ0v) is 82.3. The van der Waals surface area contributed by atoms with Crippen LogP contribution in [0.3, 0.4) is 0 Å². The van der Waals surface area contributed by atoms with Crippen LogP contribution in [0, 0.1) is 0 Å². The van der Waals surface area contributed by atoms with Crippen LogP contribution in [0.15, 0.2) is 254 Å². The molecule has 4 aromatic rings. The molecule has 143 heavy (non-hydrogen) atoms. The van der Waals surface area contributed by atoms with Crippen LogP contribution in [0.2, 0.25) is 0 Å². The number of benzene rings is 4. The van der Waals surface area contributed by atoms with E-state index in [1.54, 1.807) is 53.7 Å². The lowest BCUT2D eigenvalue weighted by Gasteiger charge is -2.45. The molecule has 2 heterocycles. The number of likely N-dealkylation sites (tertiary alicyclic amines) is 2. The van der Waals surface area contributed by atoms with Gasteiger partial charge in [0.2, 0.25) is 0 Å². The van der Waals surface area contributed by atoms with Crippen LogP contribution in [0.4, 0.5) is 9.59 Å². The number of ether oxygens (including phenoxy) is 6. The summed E-state index contributed by atoms with van der Waals surface area (Å²) in [6, 6.07) is 25.8. The molecule has 2 aliphatic carbocycles. The highest BCUT2D eigenvalue weighted by Crippen LogP contribution is 2.41. The molecule has 0 saturated carbocycles. The molecule has 0 spiro atoms. The molecule has 0 aromatic heterocycles. The smallest absolute Gasteiger partial charge is 0.411 e. The van der Waals surface area contributed by atoms with Crippen molar-refractivity contribution in [3.63, 3.8) is 0 Å². The minimum atomic E-state index is -3.68. The Hall–Kier alpha value is -9.67. The summed E-state index contributed by atoms with van der Waals surface area (Å²) in [4.78, 5) is 57.3. The minimum Gasteiger partial charge on any atom is -0.490 e. The lowest BCUT2D eigenvalue weighted by atomic mass is 8.36. The lowest BCUT2D eigenvalue weighted by molar-refractivity contribution is -0.146. The first kappa shape index (κ1) is 127. The second-order valence-electron chi connectivity index (χ2n) is 34.0. The van der Waals surface area contributed by atoms with Crippen molar-refractivity contribution in [2.45, 2.75) is 89.9 Å². The largest absolute Gasteiger partial charge is 0.490 e. The number of rotatable bonds is 31.